The Hall–Kier alpha value is -3.74. The predicted molar refractivity (Wildman–Crippen MR) is 107 cm³/mol. The van der Waals surface area contributed by atoms with Gasteiger partial charge in [-0.1, -0.05) is 36.4 Å². The van der Waals surface area contributed by atoms with Crippen molar-refractivity contribution < 1.29 is 18.3 Å². The number of anilines is 1. The lowest BCUT2D eigenvalue weighted by Gasteiger charge is -2.08. The maximum atomic E-state index is 12.3. The Morgan fingerprint density at radius 3 is 2.59 bits per heavy atom. The summed E-state index contributed by atoms with van der Waals surface area (Å²) in [5.41, 5.74) is 4.00. The molecule has 5 nitrogen and oxygen atoms in total. The summed E-state index contributed by atoms with van der Waals surface area (Å²) in [5, 5.41) is 2.85. The van der Waals surface area contributed by atoms with Gasteiger partial charge in [0.15, 0.2) is 0 Å². The molecule has 0 atom stereocenters. The first-order valence-electron chi connectivity index (χ1n) is 8.95. The molecule has 0 saturated carbocycles. The van der Waals surface area contributed by atoms with E-state index in [1.807, 2.05) is 42.5 Å². The first-order valence-corrected chi connectivity index (χ1v) is 8.95. The zero-order valence-electron chi connectivity index (χ0n) is 15.2. The summed E-state index contributed by atoms with van der Waals surface area (Å²) in [7, 11) is 0. The van der Waals surface area contributed by atoms with Crippen LogP contribution in [0.3, 0.4) is 0 Å². The van der Waals surface area contributed by atoms with Crippen LogP contribution in [0.25, 0.3) is 22.4 Å². The van der Waals surface area contributed by atoms with Crippen LogP contribution in [0.15, 0.2) is 72.8 Å². The van der Waals surface area contributed by atoms with Crippen molar-refractivity contribution in [2.24, 2.45) is 0 Å². The minimum absolute atomic E-state index is 0.0581. The molecule has 3 aromatic carbocycles. The van der Waals surface area contributed by atoms with Crippen LogP contribution in [0.4, 0.5) is 14.5 Å². The Balaban J connectivity index is 1.44. The molecule has 0 unspecified atom stereocenters. The van der Waals surface area contributed by atoms with E-state index in [2.05, 4.69) is 20.0 Å². The van der Waals surface area contributed by atoms with Crippen molar-refractivity contribution in [3.8, 4) is 17.1 Å². The molecule has 0 aliphatic carbocycles. The number of imidazole rings is 1. The number of H-pyrrole nitrogens is 1. The van der Waals surface area contributed by atoms with Crippen molar-refractivity contribution in [2.45, 2.75) is 13.0 Å². The molecule has 0 radical (unpaired) electrons. The van der Waals surface area contributed by atoms with Crippen molar-refractivity contribution in [3.05, 3.63) is 78.4 Å². The number of aromatic nitrogens is 2. The number of fused-ring (bicyclic) bond motifs is 1. The van der Waals surface area contributed by atoms with Crippen LogP contribution in [0.5, 0.6) is 5.75 Å². The molecule has 1 aromatic heterocycles. The minimum atomic E-state index is -2.87. The average molecular weight is 393 g/mol. The molecular formula is C22H17F2N3O2. The molecule has 0 spiro atoms. The molecule has 0 bridgehead atoms. The summed E-state index contributed by atoms with van der Waals surface area (Å²) in [5.74, 6) is 0.564. The number of carbonyl (C=O) groups is 1. The average Bonchev–Trinajstić information content (AvgIpc) is 3.14. The van der Waals surface area contributed by atoms with Crippen molar-refractivity contribution in [3.63, 3.8) is 0 Å². The van der Waals surface area contributed by atoms with Crippen LogP contribution in [-0.4, -0.2) is 22.5 Å². The van der Waals surface area contributed by atoms with Gasteiger partial charge in [0.05, 0.1) is 17.5 Å². The van der Waals surface area contributed by atoms with Crippen molar-refractivity contribution in [1.82, 2.24) is 9.97 Å². The topological polar surface area (TPSA) is 67.0 Å². The van der Waals surface area contributed by atoms with Crippen molar-refractivity contribution in [1.29, 1.82) is 0 Å². The number of hydrogen-bond donors (Lipinski definition) is 2. The largest absolute Gasteiger partial charge is 0.435 e. The number of ether oxygens (including phenoxy) is 1. The van der Waals surface area contributed by atoms with Gasteiger partial charge >= 0.3 is 6.61 Å². The van der Waals surface area contributed by atoms with Crippen LogP contribution in [0.1, 0.15) is 5.56 Å². The highest BCUT2D eigenvalue weighted by Crippen LogP contribution is 2.23. The third kappa shape index (κ3) is 4.57. The van der Waals surface area contributed by atoms with Gasteiger partial charge in [0.25, 0.3) is 0 Å². The molecular weight excluding hydrogens is 376 g/mol. The lowest BCUT2D eigenvalue weighted by Crippen LogP contribution is -2.14. The molecule has 7 heteroatoms. The molecule has 2 N–H and O–H groups in total. The molecule has 1 heterocycles. The zero-order valence-corrected chi connectivity index (χ0v) is 15.2. The lowest BCUT2D eigenvalue weighted by molar-refractivity contribution is -0.115. The third-order valence-electron chi connectivity index (χ3n) is 4.32. The maximum Gasteiger partial charge on any atom is 0.387 e. The van der Waals surface area contributed by atoms with Crippen LogP contribution < -0.4 is 10.1 Å². The predicted octanol–water partition coefficient (Wildman–Crippen LogP) is 5.01. The van der Waals surface area contributed by atoms with Crippen LogP contribution in [0.2, 0.25) is 0 Å². The summed E-state index contributed by atoms with van der Waals surface area (Å²) in [6.07, 6.45) is 0.115. The van der Waals surface area contributed by atoms with E-state index < -0.39 is 6.61 Å². The lowest BCUT2D eigenvalue weighted by atomic mass is 10.1. The van der Waals surface area contributed by atoms with Gasteiger partial charge in [-0.05, 0) is 42.0 Å². The van der Waals surface area contributed by atoms with Gasteiger partial charge in [0, 0.05) is 11.3 Å². The van der Waals surface area contributed by atoms with Crippen molar-refractivity contribution in [2.75, 3.05) is 5.32 Å². The Bertz CT molecular complexity index is 1110. The minimum Gasteiger partial charge on any atom is -0.435 e. The standard InChI is InChI=1S/C22H17F2N3O2/c23-22(24)29-17-10-8-14(9-11-17)12-20(28)25-16-5-3-4-15(13-16)21-26-18-6-1-2-7-19(18)27-21/h1-11,13,22H,12H2,(H,25,28)(H,26,27). The maximum absolute atomic E-state index is 12.3. The number of nitrogens with zero attached hydrogens (tertiary/aromatic N) is 1. The van der Waals surface area contributed by atoms with Crippen LogP contribution >= 0.6 is 0 Å². The molecule has 1 amide bonds. The van der Waals surface area contributed by atoms with E-state index in [1.54, 1.807) is 18.2 Å². The van der Waals surface area contributed by atoms with E-state index in [9.17, 15) is 13.6 Å². The second kappa shape index (κ2) is 8.10. The third-order valence-corrected chi connectivity index (χ3v) is 4.32. The highest BCUT2D eigenvalue weighted by molar-refractivity contribution is 5.93. The second-order valence-electron chi connectivity index (χ2n) is 6.43. The number of hydrogen-bond acceptors (Lipinski definition) is 3. The monoisotopic (exact) mass is 393 g/mol. The number of rotatable bonds is 6. The fourth-order valence-electron chi connectivity index (χ4n) is 3.01. The van der Waals surface area contributed by atoms with Gasteiger partial charge in [-0.3, -0.25) is 4.79 Å². The fraction of sp³-hybridized carbons (Fsp3) is 0.0909. The highest BCUT2D eigenvalue weighted by Gasteiger charge is 2.09. The van der Waals surface area contributed by atoms with E-state index >= 15 is 0 Å². The van der Waals surface area contributed by atoms with Gasteiger partial charge in [-0.25, -0.2) is 4.98 Å². The Morgan fingerprint density at radius 2 is 1.83 bits per heavy atom. The number of para-hydroxylation sites is 2. The molecule has 29 heavy (non-hydrogen) atoms. The van der Waals surface area contributed by atoms with E-state index in [0.29, 0.717) is 11.3 Å². The van der Waals surface area contributed by atoms with Crippen LogP contribution in [-0.2, 0) is 11.2 Å². The fourth-order valence-corrected chi connectivity index (χ4v) is 3.01. The van der Waals surface area contributed by atoms with Gasteiger partial charge < -0.3 is 15.0 Å². The number of halogens is 2. The molecule has 146 valence electrons. The molecule has 4 aromatic rings. The van der Waals surface area contributed by atoms with E-state index in [0.717, 1.165) is 22.4 Å². The van der Waals surface area contributed by atoms with Gasteiger partial charge in [-0.15, -0.1) is 0 Å². The first kappa shape index (κ1) is 18.6. The van der Waals surface area contributed by atoms with E-state index in [4.69, 9.17) is 0 Å². The van der Waals surface area contributed by atoms with Gasteiger partial charge in [0.2, 0.25) is 5.91 Å². The molecule has 0 aliphatic rings. The zero-order chi connectivity index (χ0) is 20.2. The molecule has 4 rings (SSSR count). The van der Waals surface area contributed by atoms with Gasteiger partial charge in [-0.2, -0.15) is 8.78 Å². The van der Waals surface area contributed by atoms with Gasteiger partial charge in [0.1, 0.15) is 11.6 Å². The first-order chi connectivity index (χ1) is 14.1. The summed E-state index contributed by atoms with van der Waals surface area (Å²) < 4.78 is 28.7. The van der Waals surface area contributed by atoms with E-state index in [-0.39, 0.29) is 18.1 Å². The second-order valence-corrected chi connectivity index (χ2v) is 6.43. The normalized spacial score (nSPS) is 11.0. The molecule has 0 saturated heterocycles. The summed E-state index contributed by atoms with van der Waals surface area (Å²) in [4.78, 5) is 20.2. The highest BCUT2D eigenvalue weighted by atomic mass is 19.3. The van der Waals surface area contributed by atoms with E-state index in [1.165, 1.54) is 12.1 Å². The smallest absolute Gasteiger partial charge is 0.387 e. The molecule has 0 aliphatic heterocycles. The van der Waals surface area contributed by atoms with Crippen molar-refractivity contribution >= 4 is 22.6 Å². The Labute approximate surface area is 165 Å². The summed E-state index contributed by atoms with van der Waals surface area (Å²) in [6.45, 7) is -2.87. The number of amides is 1. The Kier molecular flexibility index (Phi) is 5.20. The SMILES string of the molecule is O=C(Cc1ccc(OC(F)F)cc1)Nc1cccc(-c2nc3ccccc3[nH]2)c1. The summed E-state index contributed by atoms with van der Waals surface area (Å²) in [6, 6.07) is 21.1. The molecule has 0 fully saturated rings. The number of benzene rings is 3. The number of aromatic amines is 1. The summed E-state index contributed by atoms with van der Waals surface area (Å²) >= 11 is 0. The van der Waals surface area contributed by atoms with Crippen LogP contribution in [0, 0.1) is 0 Å². The number of alkyl halides is 2. The quantitative estimate of drug-likeness (QED) is 0.484. The Morgan fingerprint density at radius 1 is 1.03 bits per heavy atom. The number of carbonyl (C=O) groups excluding carboxylic acids is 1. The number of nitrogens with one attached hydrogen (secondary N) is 2.